The Morgan fingerprint density at radius 3 is 2.38 bits per heavy atom. The highest BCUT2D eigenvalue weighted by molar-refractivity contribution is 6.31. The van der Waals surface area contributed by atoms with Crippen molar-refractivity contribution >= 4 is 17.4 Å². The largest absolute Gasteiger partial charge is 0.485 e. The number of rotatable bonds is 5. The first kappa shape index (κ1) is 15.6. The van der Waals surface area contributed by atoms with Gasteiger partial charge in [0, 0.05) is 10.6 Å². The van der Waals surface area contributed by atoms with E-state index >= 15 is 0 Å². The highest BCUT2D eigenvalue weighted by Crippen LogP contribution is 2.21. The number of Topliss-reactive ketones (excluding diaryl/α,β-unsaturated/α-hetero) is 1. The zero-order valence-corrected chi connectivity index (χ0v) is 13.3. The van der Waals surface area contributed by atoms with Crippen molar-refractivity contribution in [1.82, 2.24) is 0 Å². The highest BCUT2D eigenvalue weighted by atomic mass is 35.5. The van der Waals surface area contributed by atoms with Crippen molar-refractivity contribution in [3.05, 3.63) is 64.2 Å². The first-order valence-electron chi connectivity index (χ1n) is 6.99. The van der Waals surface area contributed by atoms with Gasteiger partial charge in [0.15, 0.2) is 12.4 Å². The molecule has 0 saturated heterocycles. The lowest BCUT2D eigenvalue weighted by Gasteiger charge is -2.08. The molecule has 0 amide bonds. The molecule has 0 unspecified atom stereocenters. The van der Waals surface area contributed by atoms with Crippen LogP contribution in [0, 0.1) is 6.92 Å². The molecule has 3 heteroatoms. The van der Waals surface area contributed by atoms with E-state index in [9.17, 15) is 4.79 Å². The molecule has 0 heterocycles. The number of carbonyl (C=O) groups excluding carboxylic acids is 1. The minimum absolute atomic E-state index is 0.0297. The van der Waals surface area contributed by atoms with Gasteiger partial charge < -0.3 is 4.74 Å². The van der Waals surface area contributed by atoms with Crippen molar-refractivity contribution in [3.63, 3.8) is 0 Å². The molecule has 0 spiro atoms. The maximum atomic E-state index is 12.1. The van der Waals surface area contributed by atoms with Gasteiger partial charge in [0.1, 0.15) is 5.75 Å². The van der Waals surface area contributed by atoms with Gasteiger partial charge >= 0.3 is 0 Å². The minimum atomic E-state index is -0.0297. The van der Waals surface area contributed by atoms with E-state index in [1.165, 1.54) is 5.56 Å². The first-order chi connectivity index (χ1) is 9.97. The molecule has 110 valence electrons. The smallest absolute Gasteiger partial charge is 0.200 e. The fourth-order valence-corrected chi connectivity index (χ4v) is 2.11. The predicted molar refractivity (Wildman–Crippen MR) is 86.5 cm³/mol. The van der Waals surface area contributed by atoms with E-state index in [1.54, 1.807) is 12.1 Å². The number of hydrogen-bond donors (Lipinski definition) is 0. The zero-order chi connectivity index (χ0) is 15.4. The molecule has 0 saturated carbocycles. The van der Waals surface area contributed by atoms with Gasteiger partial charge in [0.05, 0.1) is 0 Å². The van der Waals surface area contributed by atoms with Crippen molar-refractivity contribution in [2.75, 3.05) is 6.61 Å². The predicted octanol–water partition coefficient (Wildman–Crippen LogP) is 5.03. The van der Waals surface area contributed by atoms with Gasteiger partial charge in [-0.1, -0.05) is 49.7 Å². The molecule has 2 aromatic rings. The molecule has 0 fully saturated rings. The van der Waals surface area contributed by atoms with E-state index in [4.69, 9.17) is 16.3 Å². The summed E-state index contributed by atoms with van der Waals surface area (Å²) >= 11 is 5.96. The molecule has 0 aliphatic heterocycles. The first-order valence-corrected chi connectivity index (χ1v) is 7.37. The molecule has 2 nitrogen and oxygen atoms in total. The maximum Gasteiger partial charge on any atom is 0.200 e. The van der Waals surface area contributed by atoms with Crippen LogP contribution in [-0.4, -0.2) is 12.4 Å². The molecular weight excluding hydrogens is 284 g/mol. The standard InChI is InChI=1S/C18H19ClO2/c1-12(2)14-4-6-15(7-5-14)18(20)11-21-16-8-9-17(19)13(3)10-16/h4-10,12H,11H2,1-3H3. The lowest BCUT2D eigenvalue weighted by molar-refractivity contribution is 0.0921. The van der Waals surface area contributed by atoms with Crippen LogP contribution in [0.15, 0.2) is 42.5 Å². The molecule has 0 aromatic heterocycles. The Labute approximate surface area is 130 Å². The molecule has 21 heavy (non-hydrogen) atoms. The van der Waals surface area contributed by atoms with E-state index in [0.717, 1.165) is 5.56 Å². The summed E-state index contributed by atoms with van der Waals surface area (Å²) in [6, 6.07) is 13.1. The van der Waals surface area contributed by atoms with Gasteiger partial charge in [0.2, 0.25) is 0 Å². The van der Waals surface area contributed by atoms with Gasteiger partial charge in [-0.25, -0.2) is 0 Å². The fourth-order valence-electron chi connectivity index (χ4n) is 1.99. The monoisotopic (exact) mass is 302 g/mol. The van der Waals surface area contributed by atoms with Crippen LogP contribution in [0.4, 0.5) is 0 Å². The molecule has 2 rings (SSSR count). The summed E-state index contributed by atoms with van der Waals surface area (Å²) < 4.78 is 5.53. The number of carbonyl (C=O) groups is 1. The van der Waals surface area contributed by atoms with Crippen LogP contribution in [-0.2, 0) is 0 Å². The molecule has 0 aliphatic carbocycles. The normalized spacial score (nSPS) is 10.7. The van der Waals surface area contributed by atoms with E-state index in [0.29, 0.717) is 22.3 Å². The number of ketones is 1. The molecule has 0 bridgehead atoms. The maximum absolute atomic E-state index is 12.1. The third kappa shape index (κ3) is 4.08. The van der Waals surface area contributed by atoms with Crippen LogP contribution in [0.25, 0.3) is 0 Å². The topological polar surface area (TPSA) is 26.3 Å². The second kappa shape index (κ2) is 6.77. The number of benzene rings is 2. The summed E-state index contributed by atoms with van der Waals surface area (Å²) in [4.78, 5) is 12.1. The Kier molecular flexibility index (Phi) is 5.03. The third-order valence-electron chi connectivity index (χ3n) is 3.40. The van der Waals surface area contributed by atoms with Crippen LogP contribution in [0.3, 0.4) is 0 Å². The van der Waals surface area contributed by atoms with Crippen molar-refractivity contribution in [2.45, 2.75) is 26.7 Å². The van der Waals surface area contributed by atoms with Crippen LogP contribution in [0.5, 0.6) is 5.75 Å². The van der Waals surface area contributed by atoms with Gasteiger partial charge in [0.25, 0.3) is 0 Å². The number of hydrogen-bond acceptors (Lipinski definition) is 2. The summed E-state index contributed by atoms with van der Waals surface area (Å²) in [5.74, 6) is 1.09. The van der Waals surface area contributed by atoms with Crippen molar-refractivity contribution in [3.8, 4) is 5.75 Å². The Balaban J connectivity index is 1.99. The Bertz CT molecular complexity index is 630. The molecule has 0 aliphatic rings. The van der Waals surface area contributed by atoms with E-state index < -0.39 is 0 Å². The van der Waals surface area contributed by atoms with Crippen LogP contribution in [0.1, 0.15) is 41.3 Å². The highest BCUT2D eigenvalue weighted by Gasteiger charge is 2.08. The lowest BCUT2D eigenvalue weighted by atomic mass is 10.0. The van der Waals surface area contributed by atoms with Gasteiger partial charge in [-0.15, -0.1) is 0 Å². The Hall–Kier alpha value is -1.80. The second-order valence-electron chi connectivity index (χ2n) is 5.40. The Morgan fingerprint density at radius 1 is 1.14 bits per heavy atom. The van der Waals surface area contributed by atoms with Crippen molar-refractivity contribution in [1.29, 1.82) is 0 Å². The lowest BCUT2D eigenvalue weighted by Crippen LogP contribution is -2.11. The SMILES string of the molecule is Cc1cc(OCC(=O)c2ccc(C(C)C)cc2)ccc1Cl. The van der Waals surface area contributed by atoms with Crippen LogP contribution in [0.2, 0.25) is 5.02 Å². The summed E-state index contributed by atoms with van der Waals surface area (Å²) in [5.41, 5.74) is 2.83. The van der Waals surface area contributed by atoms with E-state index in [1.807, 2.05) is 37.3 Å². The molecule has 0 radical (unpaired) electrons. The third-order valence-corrected chi connectivity index (χ3v) is 3.82. The molecule has 0 N–H and O–H groups in total. The number of ether oxygens (including phenoxy) is 1. The average molecular weight is 303 g/mol. The zero-order valence-electron chi connectivity index (χ0n) is 12.5. The van der Waals surface area contributed by atoms with E-state index in [-0.39, 0.29) is 12.4 Å². The summed E-state index contributed by atoms with van der Waals surface area (Å²) in [6.45, 7) is 6.19. The molecule has 0 atom stereocenters. The summed E-state index contributed by atoms with van der Waals surface area (Å²) in [6.07, 6.45) is 0. The van der Waals surface area contributed by atoms with Crippen LogP contribution >= 0.6 is 11.6 Å². The fraction of sp³-hybridized carbons (Fsp3) is 0.278. The average Bonchev–Trinajstić information content (AvgIpc) is 2.48. The number of halogens is 1. The number of aryl methyl sites for hydroxylation is 1. The summed E-state index contributed by atoms with van der Waals surface area (Å²) in [7, 11) is 0. The minimum Gasteiger partial charge on any atom is -0.485 e. The van der Waals surface area contributed by atoms with Crippen LogP contribution < -0.4 is 4.74 Å². The van der Waals surface area contributed by atoms with Crippen molar-refractivity contribution < 1.29 is 9.53 Å². The second-order valence-corrected chi connectivity index (χ2v) is 5.81. The van der Waals surface area contributed by atoms with Gasteiger partial charge in [-0.2, -0.15) is 0 Å². The molecule has 2 aromatic carbocycles. The van der Waals surface area contributed by atoms with E-state index in [2.05, 4.69) is 13.8 Å². The Morgan fingerprint density at radius 2 is 1.81 bits per heavy atom. The molecular formula is C18H19ClO2. The van der Waals surface area contributed by atoms with Gasteiger partial charge in [-0.05, 0) is 42.2 Å². The van der Waals surface area contributed by atoms with Gasteiger partial charge in [-0.3, -0.25) is 4.79 Å². The summed E-state index contributed by atoms with van der Waals surface area (Å²) in [5, 5.41) is 0.693. The van der Waals surface area contributed by atoms with Crippen molar-refractivity contribution in [2.24, 2.45) is 0 Å². The quantitative estimate of drug-likeness (QED) is 0.724.